The molecule has 64 valence electrons. The molecular formula is C9H16O2. The zero-order chi connectivity index (χ0) is 8.65. The van der Waals surface area contributed by atoms with Gasteiger partial charge in [0.15, 0.2) is 0 Å². The Kier molecular flexibility index (Phi) is 1.95. The molecule has 1 N–H and O–H groups in total. The number of hydrogen-bond donors (Lipinski definition) is 1. The summed E-state index contributed by atoms with van der Waals surface area (Å²) in [6.45, 7) is 6.13. The first-order valence-electron chi connectivity index (χ1n) is 4.20. The van der Waals surface area contributed by atoms with Crippen LogP contribution in [0.3, 0.4) is 0 Å². The molecule has 1 aliphatic carbocycles. The van der Waals surface area contributed by atoms with Crippen LogP contribution in [0.1, 0.15) is 33.6 Å². The lowest BCUT2D eigenvalue weighted by Crippen LogP contribution is -2.13. The third kappa shape index (κ3) is 1.55. The minimum Gasteiger partial charge on any atom is -0.481 e. The highest BCUT2D eigenvalue weighted by atomic mass is 16.4. The standard InChI is InChI=1S/C9H16O2/c1-6(2)4-7-5-9(7,3)8(10)11/h6-7H,4-5H2,1-3H3,(H,10,11). The number of rotatable bonds is 3. The third-order valence-electron chi connectivity index (χ3n) is 2.66. The van der Waals surface area contributed by atoms with E-state index in [1.807, 2.05) is 6.92 Å². The SMILES string of the molecule is CC(C)CC1CC1(C)C(=O)O. The first kappa shape index (κ1) is 8.57. The highest BCUT2D eigenvalue weighted by molar-refractivity contribution is 5.77. The summed E-state index contributed by atoms with van der Waals surface area (Å²) in [5.74, 6) is 0.435. The average Bonchev–Trinajstić information content (AvgIpc) is 2.42. The molecule has 0 saturated heterocycles. The molecule has 0 aromatic rings. The summed E-state index contributed by atoms with van der Waals surface area (Å²) in [6, 6.07) is 0. The van der Waals surface area contributed by atoms with Crippen LogP contribution >= 0.6 is 0 Å². The van der Waals surface area contributed by atoms with Crippen molar-refractivity contribution in [1.82, 2.24) is 0 Å². The van der Waals surface area contributed by atoms with Gasteiger partial charge in [-0.25, -0.2) is 0 Å². The summed E-state index contributed by atoms with van der Waals surface area (Å²) in [5, 5.41) is 8.80. The second-order valence-corrected chi connectivity index (χ2v) is 4.25. The Bertz CT molecular complexity index is 174. The van der Waals surface area contributed by atoms with E-state index < -0.39 is 5.97 Å². The molecule has 0 radical (unpaired) electrons. The fraction of sp³-hybridized carbons (Fsp3) is 0.889. The van der Waals surface area contributed by atoms with E-state index in [9.17, 15) is 4.79 Å². The molecule has 1 fully saturated rings. The van der Waals surface area contributed by atoms with Gasteiger partial charge in [-0.3, -0.25) is 4.79 Å². The maximum absolute atomic E-state index is 10.7. The molecule has 1 rings (SSSR count). The van der Waals surface area contributed by atoms with Crippen molar-refractivity contribution in [2.24, 2.45) is 17.3 Å². The molecule has 0 spiro atoms. The van der Waals surface area contributed by atoms with Gasteiger partial charge in [-0.05, 0) is 31.6 Å². The molecule has 0 heterocycles. The summed E-state index contributed by atoms with van der Waals surface area (Å²) >= 11 is 0. The highest BCUT2D eigenvalue weighted by Gasteiger charge is 2.55. The molecule has 2 atom stereocenters. The van der Waals surface area contributed by atoms with E-state index in [4.69, 9.17) is 5.11 Å². The molecule has 11 heavy (non-hydrogen) atoms. The molecule has 2 nitrogen and oxygen atoms in total. The van der Waals surface area contributed by atoms with E-state index in [-0.39, 0.29) is 5.41 Å². The quantitative estimate of drug-likeness (QED) is 0.679. The Balaban J connectivity index is 2.41. The van der Waals surface area contributed by atoms with Crippen LogP contribution in [0.25, 0.3) is 0 Å². The second kappa shape index (κ2) is 2.50. The van der Waals surface area contributed by atoms with E-state index in [2.05, 4.69) is 13.8 Å². The first-order valence-corrected chi connectivity index (χ1v) is 4.20. The van der Waals surface area contributed by atoms with Crippen LogP contribution in [0.2, 0.25) is 0 Å². The van der Waals surface area contributed by atoms with Crippen molar-refractivity contribution in [2.45, 2.75) is 33.6 Å². The number of aliphatic carboxylic acids is 1. The van der Waals surface area contributed by atoms with E-state index >= 15 is 0 Å². The van der Waals surface area contributed by atoms with Gasteiger partial charge in [0.1, 0.15) is 0 Å². The van der Waals surface area contributed by atoms with Gasteiger partial charge in [-0.1, -0.05) is 13.8 Å². The van der Waals surface area contributed by atoms with E-state index in [0.717, 1.165) is 12.8 Å². The normalized spacial score (nSPS) is 35.8. The topological polar surface area (TPSA) is 37.3 Å². The lowest BCUT2D eigenvalue weighted by molar-refractivity contribution is -0.143. The van der Waals surface area contributed by atoms with Crippen molar-refractivity contribution in [3.05, 3.63) is 0 Å². The predicted octanol–water partition coefficient (Wildman–Crippen LogP) is 2.14. The first-order chi connectivity index (χ1) is 4.97. The van der Waals surface area contributed by atoms with Crippen molar-refractivity contribution >= 4 is 5.97 Å². The monoisotopic (exact) mass is 156 g/mol. The summed E-state index contributed by atoms with van der Waals surface area (Å²) in [4.78, 5) is 10.7. The van der Waals surface area contributed by atoms with Gasteiger partial charge in [0.2, 0.25) is 0 Å². The van der Waals surface area contributed by atoms with Crippen molar-refractivity contribution in [3.8, 4) is 0 Å². The highest BCUT2D eigenvalue weighted by Crippen LogP contribution is 2.55. The van der Waals surface area contributed by atoms with Gasteiger partial charge in [0.05, 0.1) is 5.41 Å². The third-order valence-corrected chi connectivity index (χ3v) is 2.66. The Morgan fingerprint density at radius 1 is 1.73 bits per heavy atom. The average molecular weight is 156 g/mol. The van der Waals surface area contributed by atoms with Crippen molar-refractivity contribution < 1.29 is 9.90 Å². The number of carboxylic acids is 1. The summed E-state index contributed by atoms with van der Waals surface area (Å²) in [5.41, 5.74) is -0.385. The van der Waals surface area contributed by atoms with Gasteiger partial charge in [0, 0.05) is 0 Å². The van der Waals surface area contributed by atoms with Crippen LogP contribution in [0, 0.1) is 17.3 Å². The summed E-state index contributed by atoms with van der Waals surface area (Å²) in [6.07, 6.45) is 1.93. The fourth-order valence-corrected chi connectivity index (χ4v) is 1.63. The van der Waals surface area contributed by atoms with E-state index in [1.165, 1.54) is 0 Å². The minimum absolute atomic E-state index is 0.385. The number of carbonyl (C=O) groups is 1. The predicted molar refractivity (Wildman–Crippen MR) is 43.3 cm³/mol. The Hall–Kier alpha value is -0.530. The summed E-state index contributed by atoms with van der Waals surface area (Å²) < 4.78 is 0. The molecule has 0 amide bonds. The molecule has 2 unspecified atom stereocenters. The van der Waals surface area contributed by atoms with Crippen molar-refractivity contribution in [3.63, 3.8) is 0 Å². The molecular weight excluding hydrogens is 140 g/mol. The zero-order valence-corrected chi connectivity index (χ0v) is 7.42. The van der Waals surface area contributed by atoms with Gasteiger partial charge in [0.25, 0.3) is 0 Å². The molecule has 1 aliphatic rings. The van der Waals surface area contributed by atoms with Crippen molar-refractivity contribution in [1.29, 1.82) is 0 Å². The summed E-state index contributed by atoms with van der Waals surface area (Å²) in [7, 11) is 0. The second-order valence-electron chi connectivity index (χ2n) is 4.25. The van der Waals surface area contributed by atoms with Crippen molar-refractivity contribution in [2.75, 3.05) is 0 Å². The largest absolute Gasteiger partial charge is 0.481 e. The zero-order valence-electron chi connectivity index (χ0n) is 7.42. The van der Waals surface area contributed by atoms with E-state index in [1.54, 1.807) is 0 Å². The lowest BCUT2D eigenvalue weighted by Gasteiger charge is -2.06. The molecule has 1 saturated carbocycles. The van der Waals surface area contributed by atoms with Crippen LogP contribution in [-0.4, -0.2) is 11.1 Å². The maximum atomic E-state index is 10.7. The molecule has 0 aromatic carbocycles. The fourth-order valence-electron chi connectivity index (χ4n) is 1.63. The molecule has 0 aromatic heterocycles. The maximum Gasteiger partial charge on any atom is 0.309 e. The number of carboxylic acid groups (broad SMARTS) is 1. The van der Waals surface area contributed by atoms with E-state index in [0.29, 0.717) is 11.8 Å². The minimum atomic E-state index is -0.622. The van der Waals surface area contributed by atoms with Crippen LogP contribution in [0.4, 0.5) is 0 Å². The van der Waals surface area contributed by atoms with Crippen LogP contribution in [0.5, 0.6) is 0 Å². The van der Waals surface area contributed by atoms with Gasteiger partial charge in [-0.2, -0.15) is 0 Å². The van der Waals surface area contributed by atoms with Gasteiger partial charge in [-0.15, -0.1) is 0 Å². The van der Waals surface area contributed by atoms with Crippen LogP contribution in [0.15, 0.2) is 0 Å². The molecule has 0 aliphatic heterocycles. The smallest absolute Gasteiger partial charge is 0.309 e. The Morgan fingerprint density at radius 3 is 2.55 bits per heavy atom. The number of hydrogen-bond acceptors (Lipinski definition) is 1. The van der Waals surface area contributed by atoms with Gasteiger partial charge >= 0.3 is 5.97 Å². The molecule has 2 heteroatoms. The van der Waals surface area contributed by atoms with Crippen LogP contribution < -0.4 is 0 Å². The Morgan fingerprint density at radius 2 is 2.27 bits per heavy atom. The molecule has 0 bridgehead atoms. The lowest BCUT2D eigenvalue weighted by atomic mass is 10.00. The van der Waals surface area contributed by atoms with Crippen LogP contribution in [-0.2, 0) is 4.79 Å². The van der Waals surface area contributed by atoms with Gasteiger partial charge < -0.3 is 5.11 Å². The Labute approximate surface area is 67.6 Å².